The largest absolute Gasteiger partial charge is 0.418 e. The van der Waals surface area contributed by atoms with E-state index in [0.29, 0.717) is 6.54 Å². The van der Waals surface area contributed by atoms with E-state index in [1.807, 2.05) is 0 Å². The molecule has 0 fully saturated rings. The minimum Gasteiger partial charge on any atom is -0.398 e. The third-order valence-corrected chi connectivity index (χ3v) is 2.31. The van der Waals surface area contributed by atoms with Crippen molar-refractivity contribution in [1.29, 1.82) is 0 Å². The Kier molecular flexibility index (Phi) is 4.11. The zero-order valence-corrected chi connectivity index (χ0v) is 9.27. The van der Waals surface area contributed by atoms with Crippen LogP contribution in [0.25, 0.3) is 0 Å². The molecule has 0 atom stereocenters. The number of halogens is 3. The summed E-state index contributed by atoms with van der Waals surface area (Å²) < 4.78 is 37.6. The van der Waals surface area contributed by atoms with Crippen LogP contribution in [-0.2, 0) is 6.18 Å². The zero-order valence-electron chi connectivity index (χ0n) is 9.27. The number of carbonyl (C=O) groups is 1. The molecule has 17 heavy (non-hydrogen) atoms. The molecular formula is C11H13F3N2O. The van der Waals surface area contributed by atoms with Crippen molar-refractivity contribution in [3.63, 3.8) is 0 Å². The Labute approximate surface area is 96.8 Å². The fourth-order valence-electron chi connectivity index (χ4n) is 1.43. The van der Waals surface area contributed by atoms with Crippen LogP contribution in [0, 0.1) is 0 Å². The zero-order chi connectivity index (χ0) is 13.1. The molecule has 0 unspecified atom stereocenters. The van der Waals surface area contributed by atoms with E-state index in [2.05, 4.69) is 5.32 Å². The minimum absolute atomic E-state index is 0.0740. The summed E-state index contributed by atoms with van der Waals surface area (Å²) in [7, 11) is 1.66. The lowest BCUT2D eigenvalue weighted by Crippen LogP contribution is -2.16. The van der Waals surface area contributed by atoms with E-state index in [9.17, 15) is 18.0 Å². The van der Waals surface area contributed by atoms with Gasteiger partial charge in [-0.1, -0.05) is 6.07 Å². The van der Waals surface area contributed by atoms with Gasteiger partial charge in [-0.2, -0.15) is 13.2 Å². The first-order valence-electron chi connectivity index (χ1n) is 5.01. The van der Waals surface area contributed by atoms with Crippen molar-refractivity contribution in [2.45, 2.75) is 12.6 Å². The van der Waals surface area contributed by atoms with E-state index in [1.165, 1.54) is 12.1 Å². The smallest absolute Gasteiger partial charge is 0.398 e. The number of ketones is 1. The summed E-state index contributed by atoms with van der Waals surface area (Å²) in [6, 6.07) is 3.36. The van der Waals surface area contributed by atoms with Crippen LogP contribution in [0.1, 0.15) is 22.3 Å². The Morgan fingerprint density at radius 2 is 2.06 bits per heavy atom. The summed E-state index contributed by atoms with van der Waals surface area (Å²) in [4.78, 5) is 11.6. The van der Waals surface area contributed by atoms with Crippen LogP contribution in [0.2, 0.25) is 0 Å². The van der Waals surface area contributed by atoms with Crippen LogP contribution in [0.4, 0.5) is 18.9 Å². The van der Waals surface area contributed by atoms with Crippen LogP contribution >= 0.6 is 0 Å². The normalized spacial score (nSPS) is 11.5. The minimum atomic E-state index is -4.54. The van der Waals surface area contributed by atoms with Gasteiger partial charge in [-0.15, -0.1) is 0 Å². The van der Waals surface area contributed by atoms with Gasteiger partial charge < -0.3 is 11.1 Å². The summed E-state index contributed by atoms with van der Waals surface area (Å²) in [6.45, 7) is 0.397. The predicted octanol–water partition coefficient (Wildman–Crippen LogP) is 2.08. The second-order valence-electron chi connectivity index (χ2n) is 3.54. The lowest BCUT2D eigenvalue weighted by Gasteiger charge is -2.12. The highest BCUT2D eigenvalue weighted by Gasteiger charge is 2.34. The Hall–Kier alpha value is -1.56. The number of carbonyl (C=O) groups excluding carboxylic acids is 1. The molecule has 0 heterocycles. The van der Waals surface area contributed by atoms with Crippen LogP contribution in [0.15, 0.2) is 18.2 Å². The van der Waals surface area contributed by atoms with Gasteiger partial charge in [0.15, 0.2) is 5.78 Å². The third kappa shape index (κ3) is 3.20. The van der Waals surface area contributed by atoms with Gasteiger partial charge in [0.25, 0.3) is 0 Å². The molecule has 0 aliphatic rings. The molecule has 0 aliphatic carbocycles. The summed E-state index contributed by atoms with van der Waals surface area (Å²) in [6.07, 6.45) is -4.43. The molecule has 3 nitrogen and oxygen atoms in total. The van der Waals surface area contributed by atoms with Crippen molar-refractivity contribution < 1.29 is 18.0 Å². The lowest BCUT2D eigenvalue weighted by molar-refractivity contribution is -0.136. The highest BCUT2D eigenvalue weighted by molar-refractivity contribution is 6.01. The first-order valence-corrected chi connectivity index (χ1v) is 5.01. The Bertz CT molecular complexity index is 416. The molecule has 1 aromatic rings. The van der Waals surface area contributed by atoms with Crippen molar-refractivity contribution >= 4 is 11.5 Å². The molecule has 1 aromatic carbocycles. The second-order valence-corrected chi connectivity index (χ2v) is 3.54. The number of nitrogen functional groups attached to an aromatic ring is 1. The molecule has 1 rings (SSSR count). The van der Waals surface area contributed by atoms with Crippen LogP contribution in [0.3, 0.4) is 0 Å². The monoisotopic (exact) mass is 246 g/mol. The van der Waals surface area contributed by atoms with E-state index in [-0.39, 0.29) is 12.0 Å². The first-order chi connectivity index (χ1) is 7.88. The average molecular weight is 246 g/mol. The number of anilines is 1. The fourth-order valence-corrected chi connectivity index (χ4v) is 1.43. The number of alkyl halides is 3. The van der Waals surface area contributed by atoms with E-state index < -0.39 is 23.2 Å². The highest BCUT2D eigenvalue weighted by Crippen LogP contribution is 2.35. The van der Waals surface area contributed by atoms with Crippen LogP contribution < -0.4 is 11.1 Å². The van der Waals surface area contributed by atoms with Gasteiger partial charge in [0.1, 0.15) is 0 Å². The number of nitrogens with two attached hydrogens (primary N) is 1. The van der Waals surface area contributed by atoms with Gasteiger partial charge >= 0.3 is 6.18 Å². The first kappa shape index (κ1) is 13.5. The summed E-state index contributed by atoms with van der Waals surface area (Å²) in [5.74, 6) is -0.400. The molecule has 0 saturated carbocycles. The van der Waals surface area contributed by atoms with Gasteiger partial charge in [-0.05, 0) is 19.2 Å². The van der Waals surface area contributed by atoms with E-state index in [1.54, 1.807) is 7.05 Å². The van der Waals surface area contributed by atoms with E-state index in [0.717, 1.165) is 6.07 Å². The molecule has 0 saturated heterocycles. The number of hydrogen-bond acceptors (Lipinski definition) is 3. The topological polar surface area (TPSA) is 55.1 Å². The van der Waals surface area contributed by atoms with Crippen molar-refractivity contribution in [2.75, 3.05) is 19.3 Å². The van der Waals surface area contributed by atoms with Crippen molar-refractivity contribution in [1.82, 2.24) is 5.32 Å². The molecule has 0 aliphatic heterocycles. The number of benzene rings is 1. The molecule has 6 heteroatoms. The SMILES string of the molecule is CNCCC(=O)c1cccc(C(F)(F)F)c1N. The molecular weight excluding hydrogens is 233 g/mol. The summed E-state index contributed by atoms with van der Waals surface area (Å²) >= 11 is 0. The maximum atomic E-state index is 12.5. The van der Waals surface area contributed by atoms with Gasteiger partial charge in [0.05, 0.1) is 11.3 Å². The van der Waals surface area contributed by atoms with Crippen molar-refractivity contribution in [3.8, 4) is 0 Å². The standard InChI is InChI=1S/C11H13F3N2O/c1-16-6-5-9(17)7-3-2-4-8(10(7)15)11(12,13)14/h2-4,16H,5-6,15H2,1H3. The van der Waals surface area contributed by atoms with E-state index in [4.69, 9.17) is 5.73 Å². The van der Waals surface area contributed by atoms with Crippen LogP contribution in [-0.4, -0.2) is 19.4 Å². The number of nitrogens with one attached hydrogen (secondary N) is 1. The average Bonchev–Trinajstić information content (AvgIpc) is 2.24. The Balaban J connectivity index is 3.06. The molecule has 0 bridgehead atoms. The van der Waals surface area contributed by atoms with Gasteiger partial charge in [0, 0.05) is 18.5 Å². The number of Topliss-reactive ketones (excluding diaryl/α,β-unsaturated/α-hetero) is 1. The highest BCUT2D eigenvalue weighted by atomic mass is 19.4. The molecule has 3 N–H and O–H groups in total. The Morgan fingerprint density at radius 3 is 2.59 bits per heavy atom. The maximum Gasteiger partial charge on any atom is 0.418 e. The molecule has 0 aromatic heterocycles. The summed E-state index contributed by atoms with van der Waals surface area (Å²) in [5.41, 5.74) is 3.84. The predicted molar refractivity (Wildman–Crippen MR) is 58.7 cm³/mol. The quantitative estimate of drug-likeness (QED) is 0.631. The fraction of sp³-hybridized carbons (Fsp3) is 0.364. The molecule has 0 amide bonds. The second kappa shape index (κ2) is 5.18. The van der Waals surface area contributed by atoms with Gasteiger partial charge in [-0.3, -0.25) is 4.79 Å². The van der Waals surface area contributed by atoms with Crippen molar-refractivity contribution in [2.24, 2.45) is 0 Å². The van der Waals surface area contributed by atoms with Gasteiger partial charge in [-0.25, -0.2) is 0 Å². The van der Waals surface area contributed by atoms with Gasteiger partial charge in [0.2, 0.25) is 0 Å². The number of rotatable bonds is 4. The molecule has 0 radical (unpaired) electrons. The lowest BCUT2D eigenvalue weighted by atomic mass is 10.0. The number of para-hydroxylation sites is 1. The van der Waals surface area contributed by atoms with E-state index >= 15 is 0 Å². The van der Waals surface area contributed by atoms with Crippen LogP contribution in [0.5, 0.6) is 0 Å². The Morgan fingerprint density at radius 1 is 1.41 bits per heavy atom. The molecule has 94 valence electrons. The maximum absolute atomic E-state index is 12.5. The van der Waals surface area contributed by atoms with Crippen molar-refractivity contribution in [3.05, 3.63) is 29.3 Å². The molecule has 0 spiro atoms. The number of hydrogen-bond donors (Lipinski definition) is 2. The third-order valence-electron chi connectivity index (χ3n) is 2.31. The summed E-state index contributed by atoms with van der Waals surface area (Å²) in [5, 5.41) is 2.75.